The number of halogens is 2. The topological polar surface area (TPSA) is 61.4 Å². The number of piperidine rings is 1. The summed E-state index contributed by atoms with van der Waals surface area (Å²) in [4.78, 5) is 28.3. The Morgan fingerprint density at radius 3 is 2.50 bits per heavy atom. The maximum absolute atomic E-state index is 13.6. The van der Waals surface area contributed by atoms with Crippen molar-refractivity contribution in [3.8, 4) is 0 Å². The lowest BCUT2D eigenvalue weighted by atomic mass is 9.91. The first kappa shape index (κ1) is 22.4. The van der Waals surface area contributed by atoms with Crippen LogP contribution >= 0.6 is 0 Å². The van der Waals surface area contributed by atoms with Crippen molar-refractivity contribution in [2.45, 2.75) is 51.7 Å². The summed E-state index contributed by atoms with van der Waals surface area (Å²) < 4.78 is 27.1. The predicted octanol–water partition coefficient (Wildman–Crippen LogP) is 3.48. The number of aryl methyl sites for hydroxylation is 1. The van der Waals surface area contributed by atoms with Crippen LogP contribution in [0.4, 0.5) is 8.78 Å². The van der Waals surface area contributed by atoms with Crippen molar-refractivity contribution in [2.24, 2.45) is 5.92 Å². The normalized spacial score (nSPS) is 20.6. The highest BCUT2D eigenvalue weighted by atomic mass is 19.1. The fourth-order valence-electron chi connectivity index (χ4n) is 4.38. The largest absolute Gasteiger partial charge is 0.348 e. The van der Waals surface area contributed by atoms with E-state index >= 15 is 0 Å². The Labute approximate surface area is 187 Å². The van der Waals surface area contributed by atoms with Gasteiger partial charge in [-0.25, -0.2) is 8.78 Å². The first-order valence-electron chi connectivity index (χ1n) is 11.2. The second kappa shape index (κ2) is 9.36. The molecule has 170 valence electrons. The van der Waals surface area contributed by atoms with Crippen LogP contribution < -0.4 is 10.6 Å². The zero-order valence-electron chi connectivity index (χ0n) is 18.5. The van der Waals surface area contributed by atoms with E-state index in [4.69, 9.17) is 0 Å². The lowest BCUT2D eigenvalue weighted by molar-refractivity contribution is -0.138. The molecule has 0 aromatic heterocycles. The van der Waals surface area contributed by atoms with E-state index < -0.39 is 29.5 Å². The number of carbonyl (C=O) groups excluding carboxylic acids is 2. The third-order valence-corrected chi connectivity index (χ3v) is 6.57. The summed E-state index contributed by atoms with van der Waals surface area (Å²) in [6.45, 7) is 5.80. The standard InChI is InChI=1S/C25H29F2N3O2/c1-15-4-3-5-17(16(15)2)14-30(21-6-7-21)25(32)22-13-28-9-8-23(22)29-24(31)18-10-19(26)12-20(27)11-18/h3-5,10-12,21-23,28H,6-9,13-14H2,1-2H3,(H,29,31). The summed E-state index contributed by atoms with van der Waals surface area (Å²) in [5.74, 6) is -2.60. The van der Waals surface area contributed by atoms with Gasteiger partial charge in [-0.1, -0.05) is 18.2 Å². The van der Waals surface area contributed by atoms with Crippen LogP contribution in [0.5, 0.6) is 0 Å². The zero-order valence-corrected chi connectivity index (χ0v) is 18.5. The van der Waals surface area contributed by atoms with Gasteiger partial charge < -0.3 is 15.5 Å². The van der Waals surface area contributed by atoms with Crippen molar-refractivity contribution in [2.75, 3.05) is 13.1 Å². The highest BCUT2D eigenvalue weighted by Crippen LogP contribution is 2.32. The molecule has 2 N–H and O–H groups in total. The molecule has 0 radical (unpaired) electrons. The molecule has 2 atom stereocenters. The molecule has 32 heavy (non-hydrogen) atoms. The van der Waals surface area contributed by atoms with E-state index in [0.29, 0.717) is 26.1 Å². The number of rotatable bonds is 6. The van der Waals surface area contributed by atoms with E-state index in [2.05, 4.69) is 36.6 Å². The van der Waals surface area contributed by atoms with E-state index in [9.17, 15) is 18.4 Å². The van der Waals surface area contributed by atoms with E-state index in [0.717, 1.165) is 36.6 Å². The molecular weight excluding hydrogens is 412 g/mol. The summed E-state index contributed by atoms with van der Waals surface area (Å²) >= 11 is 0. The Kier molecular flexibility index (Phi) is 6.55. The van der Waals surface area contributed by atoms with Crippen LogP contribution in [-0.4, -0.2) is 41.9 Å². The van der Waals surface area contributed by atoms with Gasteiger partial charge in [0.25, 0.3) is 5.91 Å². The van der Waals surface area contributed by atoms with Crippen LogP contribution in [0.15, 0.2) is 36.4 Å². The van der Waals surface area contributed by atoms with E-state index in [1.165, 1.54) is 11.1 Å². The minimum Gasteiger partial charge on any atom is -0.348 e. The maximum Gasteiger partial charge on any atom is 0.251 e. The van der Waals surface area contributed by atoms with Crippen LogP contribution in [0.25, 0.3) is 0 Å². The molecule has 1 heterocycles. The fourth-order valence-corrected chi connectivity index (χ4v) is 4.38. The van der Waals surface area contributed by atoms with Gasteiger partial charge in [0, 0.05) is 36.8 Å². The molecule has 2 aromatic carbocycles. The quantitative estimate of drug-likeness (QED) is 0.722. The average molecular weight is 442 g/mol. The van der Waals surface area contributed by atoms with Crippen molar-refractivity contribution < 1.29 is 18.4 Å². The van der Waals surface area contributed by atoms with Gasteiger partial charge in [0.05, 0.1) is 5.92 Å². The lowest BCUT2D eigenvalue weighted by Crippen LogP contribution is -2.55. The van der Waals surface area contributed by atoms with Gasteiger partial charge in [0.2, 0.25) is 5.91 Å². The molecule has 2 aromatic rings. The fraction of sp³-hybridized carbons (Fsp3) is 0.440. The number of benzene rings is 2. The molecule has 5 nitrogen and oxygen atoms in total. The molecule has 2 aliphatic rings. The molecule has 2 fully saturated rings. The van der Waals surface area contributed by atoms with Crippen molar-refractivity contribution in [1.29, 1.82) is 0 Å². The summed E-state index contributed by atoms with van der Waals surface area (Å²) in [6, 6.07) is 8.70. The van der Waals surface area contributed by atoms with Crippen molar-refractivity contribution in [3.05, 3.63) is 70.3 Å². The monoisotopic (exact) mass is 441 g/mol. The van der Waals surface area contributed by atoms with E-state index in [1.807, 2.05) is 11.0 Å². The van der Waals surface area contributed by atoms with Gasteiger partial charge in [-0.15, -0.1) is 0 Å². The average Bonchev–Trinajstić information content (AvgIpc) is 3.59. The van der Waals surface area contributed by atoms with Gasteiger partial charge in [-0.05, 0) is 68.5 Å². The molecule has 4 rings (SSSR count). The molecule has 1 aliphatic carbocycles. The van der Waals surface area contributed by atoms with Crippen LogP contribution in [0.1, 0.15) is 46.3 Å². The summed E-state index contributed by atoms with van der Waals surface area (Å²) in [5, 5.41) is 6.12. The Morgan fingerprint density at radius 2 is 1.81 bits per heavy atom. The molecule has 1 saturated heterocycles. The Bertz CT molecular complexity index is 1000. The van der Waals surface area contributed by atoms with Crippen LogP contribution in [-0.2, 0) is 11.3 Å². The number of carbonyl (C=O) groups is 2. The third kappa shape index (κ3) is 4.99. The Balaban J connectivity index is 1.52. The Morgan fingerprint density at radius 1 is 1.09 bits per heavy atom. The second-order valence-corrected chi connectivity index (χ2v) is 8.89. The molecule has 2 unspecified atom stereocenters. The number of nitrogens with zero attached hydrogens (tertiary/aromatic N) is 1. The zero-order chi connectivity index (χ0) is 22.8. The number of hydrogen-bond acceptors (Lipinski definition) is 3. The molecule has 0 spiro atoms. The van der Waals surface area contributed by atoms with Crippen molar-refractivity contribution in [1.82, 2.24) is 15.5 Å². The van der Waals surface area contributed by atoms with Gasteiger partial charge in [-0.3, -0.25) is 9.59 Å². The van der Waals surface area contributed by atoms with Gasteiger partial charge in [0.15, 0.2) is 0 Å². The van der Waals surface area contributed by atoms with E-state index in [1.54, 1.807) is 0 Å². The van der Waals surface area contributed by atoms with E-state index in [-0.39, 0.29) is 17.5 Å². The molecule has 1 aliphatic heterocycles. The summed E-state index contributed by atoms with van der Waals surface area (Å²) in [7, 11) is 0. The van der Waals surface area contributed by atoms with Crippen molar-refractivity contribution >= 4 is 11.8 Å². The predicted molar refractivity (Wildman–Crippen MR) is 118 cm³/mol. The third-order valence-electron chi connectivity index (χ3n) is 6.57. The minimum absolute atomic E-state index is 0.0105. The first-order chi connectivity index (χ1) is 15.3. The number of nitrogens with one attached hydrogen (secondary N) is 2. The molecule has 7 heteroatoms. The SMILES string of the molecule is Cc1cccc(CN(C(=O)C2CNCCC2NC(=O)c2cc(F)cc(F)c2)C2CC2)c1C. The summed E-state index contributed by atoms with van der Waals surface area (Å²) in [5.41, 5.74) is 3.43. The number of amides is 2. The van der Waals surface area contributed by atoms with Crippen LogP contribution in [0, 0.1) is 31.4 Å². The van der Waals surface area contributed by atoms with Crippen LogP contribution in [0.2, 0.25) is 0 Å². The smallest absolute Gasteiger partial charge is 0.251 e. The molecule has 1 saturated carbocycles. The second-order valence-electron chi connectivity index (χ2n) is 8.89. The first-order valence-corrected chi connectivity index (χ1v) is 11.2. The van der Waals surface area contributed by atoms with Gasteiger partial charge in [-0.2, -0.15) is 0 Å². The lowest BCUT2D eigenvalue weighted by Gasteiger charge is -2.36. The summed E-state index contributed by atoms with van der Waals surface area (Å²) in [6.07, 6.45) is 2.54. The van der Waals surface area contributed by atoms with Gasteiger partial charge >= 0.3 is 0 Å². The molecule has 2 amide bonds. The maximum atomic E-state index is 13.6. The number of hydrogen-bond donors (Lipinski definition) is 2. The minimum atomic E-state index is -0.804. The molecule has 0 bridgehead atoms. The highest BCUT2D eigenvalue weighted by molar-refractivity contribution is 5.95. The Hall–Kier alpha value is -2.80. The van der Waals surface area contributed by atoms with Crippen molar-refractivity contribution in [3.63, 3.8) is 0 Å². The highest BCUT2D eigenvalue weighted by Gasteiger charge is 2.40. The molecular formula is C25H29F2N3O2. The van der Waals surface area contributed by atoms with Gasteiger partial charge in [0.1, 0.15) is 11.6 Å². The van der Waals surface area contributed by atoms with Crippen LogP contribution in [0.3, 0.4) is 0 Å².